The molecular formula is C16H24ClN. The van der Waals surface area contributed by atoms with E-state index in [-0.39, 0.29) is 0 Å². The van der Waals surface area contributed by atoms with Gasteiger partial charge in [0.1, 0.15) is 0 Å². The molecule has 0 heterocycles. The average Bonchev–Trinajstić information content (AvgIpc) is 2.60. The van der Waals surface area contributed by atoms with Gasteiger partial charge in [0.2, 0.25) is 0 Å². The standard InChI is InChI=1S/C16H24ClN/c1-3-13-6-4-7-14(11-10-13)18-16-9-5-8-15(17)12(16)2/h5,8-9,13-14,18H,3-4,6-7,10-11H2,1-2H3. The first-order valence-corrected chi connectivity index (χ1v) is 7.60. The van der Waals surface area contributed by atoms with Gasteiger partial charge in [0.05, 0.1) is 0 Å². The van der Waals surface area contributed by atoms with Crippen LogP contribution in [-0.4, -0.2) is 6.04 Å². The van der Waals surface area contributed by atoms with Gasteiger partial charge in [-0.2, -0.15) is 0 Å². The molecule has 1 fully saturated rings. The molecule has 0 spiro atoms. The topological polar surface area (TPSA) is 12.0 Å². The minimum Gasteiger partial charge on any atom is -0.382 e. The molecule has 1 aromatic rings. The van der Waals surface area contributed by atoms with Crippen LogP contribution < -0.4 is 5.32 Å². The molecule has 0 aliphatic heterocycles. The molecule has 18 heavy (non-hydrogen) atoms. The Morgan fingerprint density at radius 1 is 1.22 bits per heavy atom. The predicted molar refractivity (Wildman–Crippen MR) is 80.5 cm³/mol. The van der Waals surface area contributed by atoms with Crippen LogP contribution in [0.25, 0.3) is 0 Å². The Hall–Kier alpha value is -0.690. The van der Waals surface area contributed by atoms with Crippen LogP contribution in [0.3, 0.4) is 0 Å². The molecule has 2 rings (SSSR count). The van der Waals surface area contributed by atoms with Crippen molar-refractivity contribution in [2.75, 3.05) is 5.32 Å². The van der Waals surface area contributed by atoms with Crippen LogP contribution >= 0.6 is 11.6 Å². The Bertz CT molecular complexity index is 389. The van der Waals surface area contributed by atoms with Crippen molar-refractivity contribution in [1.29, 1.82) is 0 Å². The van der Waals surface area contributed by atoms with Crippen LogP contribution in [0, 0.1) is 12.8 Å². The monoisotopic (exact) mass is 265 g/mol. The van der Waals surface area contributed by atoms with Gasteiger partial charge in [-0.05, 0) is 49.8 Å². The van der Waals surface area contributed by atoms with Crippen molar-refractivity contribution in [2.45, 2.75) is 58.4 Å². The Balaban J connectivity index is 1.99. The van der Waals surface area contributed by atoms with E-state index in [1.54, 1.807) is 0 Å². The fraction of sp³-hybridized carbons (Fsp3) is 0.625. The number of nitrogens with one attached hydrogen (secondary N) is 1. The van der Waals surface area contributed by atoms with E-state index in [0.717, 1.165) is 10.9 Å². The second-order valence-electron chi connectivity index (χ2n) is 5.54. The lowest BCUT2D eigenvalue weighted by atomic mass is 9.98. The molecule has 1 aromatic carbocycles. The highest BCUT2D eigenvalue weighted by Crippen LogP contribution is 2.29. The van der Waals surface area contributed by atoms with Gasteiger partial charge in [0.25, 0.3) is 0 Å². The minimum atomic E-state index is 0.624. The fourth-order valence-corrected chi connectivity index (χ4v) is 3.09. The van der Waals surface area contributed by atoms with E-state index in [9.17, 15) is 0 Å². The van der Waals surface area contributed by atoms with E-state index in [1.807, 2.05) is 12.1 Å². The molecule has 100 valence electrons. The molecule has 2 unspecified atom stereocenters. The predicted octanol–water partition coefficient (Wildman–Crippen LogP) is 5.42. The van der Waals surface area contributed by atoms with Gasteiger partial charge in [0.15, 0.2) is 0 Å². The smallest absolute Gasteiger partial charge is 0.0455 e. The summed E-state index contributed by atoms with van der Waals surface area (Å²) in [5.41, 5.74) is 2.39. The van der Waals surface area contributed by atoms with Crippen LogP contribution in [0.5, 0.6) is 0 Å². The van der Waals surface area contributed by atoms with Gasteiger partial charge in [-0.3, -0.25) is 0 Å². The van der Waals surface area contributed by atoms with Crippen LogP contribution in [0.15, 0.2) is 18.2 Å². The maximum absolute atomic E-state index is 6.17. The highest BCUT2D eigenvalue weighted by Gasteiger charge is 2.18. The molecule has 0 saturated heterocycles. The van der Waals surface area contributed by atoms with Crippen molar-refractivity contribution >= 4 is 17.3 Å². The summed E-state index contributed by atoms with van der Waals surface area (Å²) in [7, 11) is 0. The van der Waals surface area contributed by atoms with Gasteiger partial charge < -0.3 is 5.32 Å². The number of benzene rings is 1. The molecule has 2 heteroatoms. The van der Waals surface area contributed by atoms with Gasteiger partial charge in [0, 0.05) is 16.8 Å². The molecule has 1 aliphatic carbocycles. The summed E-state index contributed by atoms with van der Waals surface area (Å²) >= 11 is 6.17. The van der Waals surface area contributed by atoms with Crippen LogP contribution in [0.4, 0.5) is 5.69 Å². The van der Waals surface area contributed by atoms with E-state index in [0.29, 0.717) is 6.04 Å². The number of rotatable bonds is 3. The number of hydrogen-bond donors (Lipinski definition) is 1. The average molecular weight is 266 g/mol. The molecule has 2 atom stereocenters. The number of hydrogen-bond acceptors (Lipinski definition) is 1. The number of halogens is 1. The third-order valence-corrected chi connectivity index (χ3v) is 4.70. The SMILES string of the molecule is CCC1CCCC(Nc2cccc(Cl)c2C)CC1. The van der Waals surface area contributed by atoms with Crippen molar-refractivity contribution in [1.82, 2.24) is 0 Å². The molecular weight excluding hydrogens is 242 g/mol. The zero-order chi connectivity index (χ0) is 13.0. The second-order valence-corrected chi connectivity index (χ2v) is 5.94. The normalized spacial score (nSPS) is 24.6. The number of anilines is 1. The Morgan fingerprint density at radius 3 is 2.83 bits per heavy atom. The van der Waals surface area contributed by atoms with Gasteiger partial charge >= 0.3 is 0 Å². The fourth-order valence-electron chi connectivity index (χ4n) is 2.91. The molecule has 0 amide bonds. The summed E-state index contributed by atoms with van der Waals surface area (Å²) in [6.45, 7) is 4.41. The summed E-state index contributed by atoms with van der Waals surface area (Å²) in [5, 5.41) is 4.55. The Kier molecular flexibility index (Phi) is 4.94. The first-order chi connectivity index (χ1) is 8.70. The summed E-state index contributed by atoms with van der Waals surface area (Å²) in [4.78, 5) is 0. The third kappa shape index (κ3) is 3.41. The van der Waals surface area contributed by atoms with E-state index in [2.05, 4.69) is 25.2 Å². The zero-order valence-corrected chi connectivity index (χ0v) is 12.3. The largest absolute Gasteiger partial charge is 0.382 e. The summed E-state index contributed by atoms with van der Waals surface area (Å²) in [6, 6.07) is 6.76. The lowest BCUT2D eigenvalue weighted by molar-refractivity contribution is 0.444. The van der Waals surface area contributed by atoms with Crippen molar-refractivity contribution in [3.05, 3.63) is 28.8 Å². The molecule has 1 nitrogen and oxygen atoms in total. The first kappa shape index (κ1) is 13.7. The highest BCUT2D eigenvalue weighted by molar-refractivity contribution is 6.31. The van der Waals surface area contributed by atoms with Gasteiger partial charge in [-0.1, -0.05) is 43.9 Å². The zero-order valence-electron chi connectivity index (χ0n) is 11.5. The lowest BCUT2D eigenvalue weighted by Crippen LogP contribution is -2.19. The molecule has 0 radical (unpaired) electrons. The van der Waals surface area contributed by atoms with Crippen LogP contribution in [-0.2, 0) is 0 Å². The lowest BCUT2D eigenvalue weighted by Gasteiger charge is -2.20. The molecule has 1 saturated carbocycles. The summed E-state index contributed by atoms with van der Waals surface area (Å²) in [5.74, 6) is 0.942. The molecule has 1 aliphatic rings. The maximum Gasteiger partial charge on any atom is 0.0455 e. The highest BCUT2D eigenvalue weighted by atomic mass is 35.5. The quantitative estimate of drug-likeness (QED) is 0.720. The molecule has 0 bridgehead atoms. The van der Waals surface area contributed by atoms with Gasteiger partial charge in [-0.15, -0.1) is 0 Å². The minimum absolute atomic E-state index is 0.624. The van der Waals surface area contributed by atoms with E-state index in [4.69, 9.17) is 11.6 Å². The van der Waals surface area contributed by atoms with Crippen molar-refractivity contribution < 1.29 is 0 Å². The third-order valence-electron chi connectivity index (χ3n) is 4.29. The first-order valence-electron chi connectivity index (χ1n) is 7.22. The van der Waals surface area contributed by atoms with Crippen LogP contribution in [0.2, 0.25) is 5.02 Å². The van der Waals surface area contributed by atoms with Crippen molar-refractivity contribution in [3.63, 3.8) is 0 Å². The van der Waals surface area contributed by atoms with E-state index >= 15 is 0 Å². The summed E-state index contributed by atoms with van der Waals surface area (Å²) < 4.78 is 0. The second kappa shape index (κ2) is 6.47. The summed E-state index contributed by atoms with van der Waals surface area (Å²) in [6.07, 6.45) is 8.06. The Morgan fingerprint density at radius 2 is 2.06 bits per heavy atom. The van der Waals surface area contributed by atoms with E-state index in [1.165, 1.54) is 49.8 Å². The van der Waals surface area contributed by atoms with Crippen molar-refractivity contribution in [2.24, 2.45) is 5.92 Å². The molecule has 1 N–H and O–H groups in total. The van der Waals surface area contributed by atoms with Crippen LogP contribution in [0.1, 0.15) is 51.0 Å². The van der Waals surface area contributed by atoms with Gasteiger partial charge in [-0.25, -0.2) is 0 Å². The van der Waals surface area contributed by atoms with Crippen molar-refractivity contribution in [3.8, 4) is 0 Å². The maximum atomic E-state index is 6.17. The van der Waals surface area contributed by atoms with E-state index < -0.39 is 0 Å². The Labute approximate surface area is 116 Å². The molecule has 0 aromatic heterocycles.